The van der Waals surface area contributed by atoms with Crippen LogP contribution in [0.2, 0.25) is 0 Å². The molecule has 14 heteroatoms. The quantitative estimate of drug-likeness (QED) is 0.213. The molecule has 2 N–H and O–H groups in total. The first-order valence-corrected chi connectivity index (χ1v) is 13.5. The number of fused-ring (bicyclic) bond motifs is 1. The number of alkyl halides is 3. The predicted molar refractivity (Wildman–Crippen MR) is 152 cm³/mol. The maximum absolute atomic E-state index is 13.1. The fourth-order valence-electron chi connectivity index (χ4n) is 3.99. The van der Waals surface area contributed by atoms with Crippen molar-refractivity contribution in [3.63, 3.8) is 0 Å². The van der Waals surface area contributed by atoms with E-state index in [-0.39, 0.29) is 30.9 Å². The highest BCUT2D eigenvalue weighted by atomic mass is 19.4. The monoisotopic (exact) mass is 618 g/mol. The van der Waals surface area contributed by atoms with Gasteiger partial charge in [0.1, 0.15) is 28.1 Å². The molecule has 1 aromatic heterocycles. The molecule has 0 bridgehead atoms. The average molecular weight is 619 g/mol. The van der Waals surface area contributed by atoms with Gasteiger partial charge < -0.3 is 34.2 Å². The van der Waals surface area contributed by atoms with Crippen molar-refractivity contribution in [1.82, 2.24) is 20.5 Å². The van der Waals surface area contributed by atoms with Crippen molar-refractivity contribution >= 4 is 17.1 Å². The largest absolute Gasteiger partial charge is 0.497 e. The highest BCUT2D eigenvalue weighted by Crippen LogP contribution is 2.30. The molecule has 236 valence electrons. The summed E-state index contributed by atoms with van der Waals surface area (Å²) < 4.78 is 60.9. The number of aliphatic hydroxyl groups is 1. The van der Waals surface area contributed by atoms with Crippen molar-refractivity contribution in [1.29, 1.82) is 0 Å². The molecule has 1 amide bonds. The number of rotatable bonds is 12. The van der Waals surface area contributed by atoms with Crippen LogP contribution in [0.15, 0.2) is 66.7 Å². The number of carbonyl (C=O) groups excluding carboxylic acids is 1. The topological polar surface area (TPSA) is 126 Å². The Labute approximate surface area is 251 Å². The van der Waals surface area contributed by atoms with Crippen LogP contribution in [-0.2, 0) is 28.7 Å². The van der Waals surface area contributed by atoms with Crippen LogP contribution >= 0.6 is 0 Å². The SMILES string of the molecule is COc1ccc(COC(O)C(Cc2ccc(OCOn3nnc4ccc(C(F)(F)F)cc43)cc2)NC(=O)OC(C)(C)C)cc1. The van der Waals surface area contributed by atoms with Gasteiger partial charge in [-0.1, -0.05) is 29.1 Å². The molecule has 2 atom stereocenters. The van der Waals surface area contributed by atoms with Crippen molar-refractivity contribution in [2.45, 2.75) is 57.9 Å². The highest BCUT2D eigenvalue weighted by molar-refractivity contribution is 5.74. The molecule has 0 aliphatic heterocycles. The van der Waals surface area contributed by atoms with E-state index in [2.05, 4.69) is 15.6 Å². The Morgan fingerprint density at radius 1 is 0.977 bits per heavy atom. The van der Waals surface area contributed by atoms with E-state index < -0.39 is 35.8 Å². The number of aliphatic hydroxyl groups excluding tert-OH is 1. The molecule has 0 aliphatic rings. The molecule has 3 aromatic carbocycles. The Bertz CT molecular complexity index is 1520. The Morgan fingerprint density at radius 2 is 1.64 bits per heavy atom. The molecule has 2 unspecified atom stereocenters. The van der Waals surface area contributed by atoms with Crippen molar-refractivity contribution in [2.24, 2.45) is 0 Å². The molecule has 0 saturated heterocycles. The number of hydrogen-bond acceptors (Lipinski definition) is 9. The molecule has 44 heavy (non-hydrogen) atoms. The summed E-state index contributed by atoms with van der Waals surface area (Å²) in [7, 11) is 1.56. The summed E-state index contributed by atoms with van der Waals surface area (Å²) in [6, 6.07) is 16.0. The zero-order valence-electron chi connectivity index (χ0n) is 24.5. The second-order valence-corrected chi connectivity index (χ2v) is 10.7. The zero-order chi connectivity index (χ0) is 31.9. The summed E-state index contributed by atoms with van der Waals surface area (Å²) in [5.74, 6) is 1.08. The number of aromatic nitrogens is 3. The third-order valence-corrected chi connectivity index (χ3v) is 6.15. The normalized spacial score (nSPS) is 13.3. The van der Waals surface area contributed by atoms with Gasteiger partial charge in [0.05, 0.1) is 25.3 Å². The smallest absolute Gasteiger partial charge is 0.416 e. The van der Waals surface area contributed by atoms with E-state index >= 15 is 0 Å². The first-order valence-electron chi connectivity index (χ1n) is 13.5. The van der Waals surface area contributed by atoms with E-state index in [0.29, 0.717) is 11.5 Å². The molecular weight excluding hydrogens is 585 g/mol. The van der Waals surface area contributed by atoms with Crippen LogP contribution in [0.25, 0.3) is 11.0 Å². The van der Waals surface area contributed by atoms with E-state index in [9.17, 15) is 23.1 Å². The molecule has 0 saturated carbocycles. The number of nitrogens with one attached hydrogen (secondary N) is 1. The fourth-order valence-corrected chi connectivity index (χ4v) is 3.99. The van der Waals surface area contributed by atoms with E-state index in [0.717, 1.165) is 28.1 Å². The van der Waals surface area contributed by atoms with Crippen molar-refractivity contribution in [2.75, 3.05) is 13.9 Å². The number of hydrogen-bond donors (Lipinski definition) is 2. The summed E-state index contributed by atoms with van der Waals surface area (Å²) in [5, 5.41) is 21.0. The van der Waals surface area contributed by atoms with Gasteiger partial charge in [0.15, 0.2) is 6.29 Å². The Kier molecular flexibility index (Phi) is 10.2. The Morgan fingerprint density at radius 3 is 2.27 bits per heavy atom. The number of alkyl carbamates (subject to hydrolysis) is 1. The van der Waals surface area contributed by atoms with E-state index in [1.165, 1.54) is 6.07 Å². The molecule has 11 nitrogen and oxygen atoms in total. The summed E-state index contributed by atoms with van der Waals surface area (Å²) in [4.78, 5) is 18.7. The third kappa shape index (κ3) is 9.22. The number of benzene rings is 3. The van der Waals surface area contributed by atoms with Crippen LogP contribution in [0, 0.1) is 0 Å². The Balaban J connectivity index is 1.36. The lowest BCUT2D eigenvalue weighted by molar-refractivity contribution is -0.137. The van der Waals surface area contributed by atoms with Gasteiger partial charge >= 0.3 is 12.3 Å². The lowest BCUT2D eigenvalue weighted by Crippen LogP contribution is -2.47. The number of carbonyl (C=O) groups is 1. The van der Waals surface area contributed by atoms with E-state index in [1.807, 2.05) is 0 Å². The molecule has 0 aliphatic carbocycles. The summed E-state index contributed by atoms with van der Waals surface area (Å²) in [6.07, 6.45) is -6.42. The van der Waals surface area contributed by atoms with E-state index in [4.69, 9.17) is 23.8 Å². The molecule has 1 heterocycles. The van der Waals surface area contributed by atoms with Crippen LogP contribution in [-0.4, -0.2) is 58.2 Å². The summed E-state index contributed by atoms with van der Waals surface area (Å²) >= 11 is 0. The van der Waals surface area contributed by atoms with Crippen LogP contribution in [0.1, 0.15) is 37.5 Å². The molecule has 0 radical (unpaired) electrons. The second kappa shape index (κ2) is 13.8. The van der Waals surface area contributed by atoms with Crippen molar-refractivity contribution < 1.29 is 46.9 Å². The predicted octanol–water partition coefficient (Wildman–Crippen LogP) is 4.89. The Hall–Kier alpha value is -4.56. The number of ether oxygens (including phenoxy) is 4. The zero-order valence-corrected chi connectivity index (χ0v) is 24.5. The molecule has 4 rings (SSSR count). The van der Waals surface area contributed by atoms with Gasteiger partial charge in [-0.05, 0) is 86.0 Å². The average Bonchev–Trinajstić information content (AvgIpc) is 3.37. The standard InChI is InChI=1S/C30H33F3N4O7/c1-29(2,3)44-28(39)34-25(27(38)41-17-20-7-10-22(40-4)11-8-20)15-19-5-12-23(13-6-19)42-18-43-37-26-16-21(30(31,32)33)9-14-24(26)35-36-37/h5-14,16,25,27,38H,15,17-18H2,1-4H3,(H,34,39). The minimum absolute atomic E-state index is 0.0371. The minimum atomic E-state index is -4.53. The van der Waals surface area contributed by atoms with Gasteiger partial charge in [-0.25, -0.2) is 4.79 Å². The van der Waals surface area contributed by atoms with Crippen LogP contribution in [0.3, 0.4) is 0 Å². The van der Waals surface area contributed by atoms with E-state index in [1.54, 1.807) is 76.4 Å². The van der Waals surface area contributed by atoms with Gasteiger partial charge in [-0.3, -0.25) is 0 Å². The molecule has 0 spiro atoms. The van der Waals surface area contributed by atoms with Gasteiger partial charge in [0, 0.05) is 0 Å². The molecular formula is C30H33F3N4O7. The number of nitrogens with zero attached hydrogens (tertiary/aromatic N) is 3. The molecule has 0 fully saturated rings. The first kappa shape index (κ1) is 32.4. The fraction of sp³-hybridized carbons (Fsp3) is 0.367. The third-order valence-electron chi connectivity index (χ3n) is 6.15. The number of amides is 1. The van der Waals surface area contributed by atoms with Gasteiger partial charge in [-0.2, -0.15) is 13.2 Å². The maximum atomic E-state index is 13.1. The lowest BCUT2D eigenvalue weighted by Gasteiger charge is -2.27. The first-order chi connectivity index (χ1) is 20.8. The number of methoxy groups -OCH3 is 1. The van der Waals surface area contributed by atoms with Gasteiger partial charge in [-0.15, -0.1) is 5.10 Å². The van der Waals surface area contributed by atoms with Gasteiger partial charge in [0.25, 0.3) is 6.79 Å². The minimum Gasteiger partial charge on any atom is -0.497 e. The number of halogens is 3. The summed E-state index contributed by atoms with van der Waals surface area (Å²) in [5.41, 5.74) is 0.188. The lowest BCUT2D eigenvalue weighted by atomic mass is 10.1. The van der Waals surface area contributed by atoms with Crippen LogP contribution in [0.5, 0.6) is 11.5 Å². The highest BCUT2D eigenvalue weighted by Gasteiger charge is 2.31. The van der Waals surface area contributed by atoms with Crippen molar-refractivity contribution in [3.05, 3.63) is 83.4 Å². The van der Waals surface area contributed by atoms with Crippen molar-refractivity contribution in [3.8, 4) is 11.5 Å². The van der Waals surface area contributed by atoms with Crippen LogP contribution in [0.4, 0.5) is 18.0 Å². The van der Waals surface area contributed by atoms with Crippen LogP contribution < -0.4 is 19.6 Å². The second-order valence-electron chi connectivity index (χ2n) is 10.7. The maximum Gasteiger partial charge on any atom is 0.416 e. The molecule has 4 aromatic rings. The van der Waals surface area contributed by atoms with Gasteiger partial charge in [0.2, 0.25) is 0 Å². The summed E-state index contributed by atoms with van der Waals surface area (Å²) in [6.45, 7) is 4.90.